The fourth-order valence-electron chi connectivity index (χ4n) is 2.74. The Morgan fingerprint density at radius 3 is 2.32 bits per heavy atom. The lowest BCUT2D eigenvalue weighted by Gasteiger charge is -2.32. The second kappa shape index (κ2) is 8.32. The summed E-state index contributed by atoms with van der Waals surface area (Å²) in [6.45, 7) is 8.08. The Balaban J connectivity index is 1.72. The first-order chi connectivity index (χ1) is 11.7. The molecule has 0 aromatic heterocycles. The molecular weight excluding hydrogens is 321 g/mol. The van der Waals surface area contributed by atoms with Gasteiger partial charge in [0.25, 0.3) is 0 Å². The van der Waals surface area contributed by atoms with E-state index in [0.29, 0.717) is 19.6 Å². The molecular formula is C19H28FN3O2. The number of piperidine rings is 1. The zero-order valence-corrected chi connectivity index (χ0v) is 15.3. The number of hydrogen-bond donors (Lipinski definition) is 2. The van der Waals surface area contributed by atoms with Gasteiger partial charge in [-0.2, -0.15) is 0 Å². The lowest BCUT2D eigenvalue weighted by molar-refractivity contribution is -0.131. The molecule has 3 amide bonds. The monoisotopic (exact) mass is 349 g/mol. The van der Waals surface area contributed by atoms with Crippen LogP contribution in [0.5, 0.6) is 0 Å². The first kappa shape index (κ1) is 19.2. The van der Waals surface area contributed by atoms with Gasteiger partial charge in [0, 0.05) is 25.7 Å². The summed E-state index contributed by atoms with van der Waals surface area (Å²) in [4.78, 5) is 26.0. The largest absolute Gasteiger partial charge is 0.342 e. The van der Waals surface area contributed by atoms with E-state index in [2.05, 4.69) is 31.4 Å². The summed E-state index contributed by atoms with van der Waals surface area (Å²) < 4.78 is 12.9. The second-order valence-corrected chi connectivity index (χ2v) is 7.85. The van der Waals surface area contributed by atoms with Crippen molar-refractivity contribution in [3.63, 3.8) is 0 Å². The molecule has 0 spiro atoms. The molecule has 1 aromatic rings. The maximum absolute atomic E-state index is 12.9. The molecule has 1 aromatic carbocycles. The third kappa shape index (κ3) is 6.72. The molecule has 1 aliphatic rings. The van der Waals surface area contributed by atoms with E-state index >= 15 is 0 Å². The Labute approximate surface area is 149 Å². The maximum atomic E-state index is 12.9. The van der Waals surface area contributed by atoms with Crippen molar-refractivity contribution in [2.24, 2.45) is 5.41 Å². The van der Waals surface area contributed by atoms with E-state index in [1.54, 1.807) is 12.1 Å². The molecule has 1 heterocycles. The van der Waals surface area contributed by atoms with Crippen molar-refractivity contribution < 1.29 is 14.0 Å². The molecule has 138 valence electrons. The highest BCUT2D eigenvalue weighted by atomic mass is 19.1. The fourth-order valence-corrected chi connectivity index (χ4v) is 2.74. The minimum atomic E-state index is -0.298. The van der Waals surface area contributed by atoms with E-state index in [-0.39, 0.29) is 35.6 Å². The van der Waals surface area contributed by atoms with Crippen LogP contribution in [0.2, 0.25) is 0 Å². The molecule has 0 radical (unpaired) electrons. The first-order valence-corrected chi connectivity index (χ1v) is 8.79. The zero-order valence-electron chi connectivity index (χ0n) is 15.3. The van der Waals surface area contributed by atoms with Gasteiger partial charge in [0.15, 0.2) is 0 Å². The highest BCUT2D eigenvalue weighted by Crippen LogP contribution is 2.14. The quantitative estimate of drug-likeness (QED) is 0.878. The van der Waals surface area contributed by atoms with Gasteiger partial charge in [-0.25, -0.2) is 9.18 Å². The number of benzene rings is 1. The average Bonchev–Trinajstić information content (AvgIpc) is 2.55. The third-order valence-electron chi connectivity index (χ3n) is 4.23. The van der Waals surface area contributed by atoms with E-state index in [9.17, 15) is 14.0 Å². The number of halogens is 1. The molecule has 1 fully saturated rings. The molecule has 0 unspecified atom stereocenters. The van der Waals surface area contributed by atoms with Crippen molar-refractivity contribution in [1.29, 1.82) is 0 Å². The Bertz CT molecular complexity index is 588. The summed E-state index contributed by atoms with van der Waals surface area (Å²) >= 11 is 0. The van der Waals surface area contributed by atoms with Crippen LogP contribution in [0.25, 0.3) is 0 Å². The van der Waals surface area contributed by atoms with Gasteiger partial charge in [-0.3, -0.25) is 4.79 Å². The normalized spacial score (nSPS) is 15.8. The van der Waals surface area contributed by atoms with Gasteiger partial charge in [-0.1, -0.05) is 32.9 Å². The Hall–Kier alpha value is -2.11. The highest BCUT2D eigenvalue weighted by molar-refractivity contribution is 5.79. The molecule has 2 rings (SSSR count). The molecule has 25 heavy (non-hydrogen) atoms. The maximum Gasteiger partial charge on any atom is 0.315 e. The van der Waals surface area contributed by atoms with Gasteiger partial charge >= 0.3 is 6.03 Å². The Morgan fingerprint density at radius 2 is 1.76 bits per heavy atom. The summed E-state index contributed by atoms with van der Waals surface area (Å²) in [5.74, 6) is -0.255. The number of urea groups is 1. The summed E-state index contributed by atoms with van der Waals surface area (Å²) in [6, 6.07) is 5.97. The Kier molecular flexibility index (Phi) is 6.39. The number of hydrogen-bond acceptors (Lipinski definition) is 2. The van der Waals surface area contributed by atoms with Gasteiger partial charge in [0.05, 0.1) is 6.42 Å². The summed E-state index contributed by atoms with van der Waals surface area (Å²) in [5, 5.41) is 5.86. The predicted molar refractivity (Wildman–Crippen MR) is 95.7 cm³/mol. The summed E-state index contributed by atoms with van der Waals surface area (Å²) in [6.07, 6.45) is 1.78. The van der Waals surface area contributed by atoms with Crippen LogP contribution in [-0.2, 0) is 11.2 Å². The molecule has 0 saturated carbocycles. The van der Waals surface area contributed by atoms with Crippen LogP contribution >= 0.6 is 0 Å². The molecule has 0 atom stereocenters. The summed E-state index contributed by atoms with van der Waals surface area (Å²) in [5.41, 5.74) is 0.862. The third-order valence-corrected chi connectivity index (χ3v) is 4.23. The van der Waals surface area contributed by atoms with E-state index < -0.39 is 0 Å². The molecule has 0 aliphatic carbocycles. The zero-order chi connectivity index (χ0) is 18.4. The number of nitrogens with zero attached hydrogens (tertiary/aromatic N) is 1. The summed E-state index contributed by atoms with van der Waals surface area (Å²) in [7, 11) is 0. The van der Waals surface area contributed by atoms with Crippen molar-refractivity contribution >= 4 is 11.9 Å². The number of nitrogens with one attached hydrogen (secondary N) is 2. The van der Waals surface area contributed by atoms with Gasteiger partial charge in [-0.05, 0) is 36.0 Å². The minimum Gasteiger partial charge on any atom is -0.342 e. The second-order valence-electron chi connectivity index (χ2n) is 7.85. The number of likely N-dealkylation sites (tertiary alicyclic amines) is 1. The molecule has 6 heteroatoms. The number of carbonyl (C=O) groups excluding carboxylic acids is 2. The molecule has 0 bridgehead atoms. The first-order valence-electron chi connectivity index (χ1n) is 8.79. The van der Waals surface area contributed by atoms with Gasteiger partial charge in [0.2, 0.25) is 5.91 Å². The van der Waals surface area contributed by atoms with Gasteiger partial charge in [0.1, 0.15) is 5.82 Å². The average molecular weight is 349 g/mol. The predicted octanol–water partition coefficient (Wildman–Crippen LogP) is 2.70. The van der Waals surface area contributed by atoms with Crippen molar-refractivity contribution in [3.8, 4) is 0 Å². The number of rotatable bonds is 4. The highest BCUT2D eigenvalue weighted by Gasteiger charge is 2.24. The van der Waals surface area contributed by atoms with Crippen LogP contribution in [0.1, 0.15) is 39.2 Å². The van der Waals surface area contributed by atoms with Crippen LogP contribution in [0, 0.1) is 11.2 Å². The number of carbonyl (C=O) groups is 2. The van der Waals surface area contributed by atoms with E-state index in [0.717, 1.165) is 18.4 Å². The van der Waals surface area contributed by atoms with Crippen LogP contribution in [0.3, 0.4) is 0 Å². The topological polar surface area (TPSA) is 61.4 Å². The molecule has 1 aliphatic heterocycles. The van der Waals surface area contributed by atoms with Crippen LogP contribution < -0.4 is 10.6 Å². The van der Waals surface area contributed by atoms with E-state index in [1.165, 1.54) is 12.1 Å². The molecule has 1 saturated heterocycles. The smallest absolute Gasteiger partial charge is 0.315 e. The fraction of sp³-hybridized carbons (Fsp3) is 0.579. The molecule has 2 N–H and O–H groups in total. The number of amides is 3. The van der Waals surface area contributed by atoms with Crippen LogP contribution in [0.4, 0.5) is 9.18 Å². The van der Waals surface area contributed by atoms with E-state index in [1.807, 2.05) is 4.90 Å². The van der Waals surface area contributed by atoms with Crippen molar-refractivity contribution in [1.82, 2.24) is 15.5 Å². The Morgan fingerprint density at radius 1 is 1.16 bits per heavy atom. The standard InChI is InChI=1S/C19H28FN3O2/c1-19(2,3)13-21-18(25)22-16-8-10-23(11-9-16)17(24)12-14-4-6-15(20)7-5-14/h4-7,16H,8-13H2,1-3H3,(H2,21,22,25). The van der Waals surface area contributed by atoms with Crippen molar-refractivity contribution in [2.45, 2.75) is 46.1 Å². The molecule has 5 nitrogen and oxygen atoms in total. The van der Waals surface area contributed by atoms with Gasteiger partial charge in [-0.15, -0.1) is 0 Å². The SMILES string of the molecule is CC(C)(C)CNC(=O)NC1CCN(C(=O)Cc2ccc(F)cc2)CC1. The van der Waals surface area contributed by atoms with Crippen molar-refractivity contribution in [2.75, 3.05) is 19.6 Å². The lowest BCUT2D eigenvalue weighted by Crippen LogP contribution is -2.50. The van der Waals surface area contributed by atoms with Crippen LogP contribution in [0.15, 0.2) is 24.3 Å². The van der Waals surface area contributed by atoms with Gasteiger partial charge < -0.3 is 15.5 Å². The van der Waals surface area contributed by atoms with Crippen LogP contribution in [-0.4, -0.2) is 42.5 Å². The lowest BCUT2D eigenvalue weighted by atomic mass is 9.97. The van der Waals surface area contributed by atoms with Crippen molar-refractivity contribution in [3.05, 3.63) is 35.6 Å². The van der Waals surface area contributed by atoms with E-state index in [4.69, 9.17) is 0 Å². The minimum absolute atomic E-state index is 0.0437.